The van der Waals surface area contributed by atoms with Gasteiger partial charge >= 0.3 is 0 Å². The Hall–Kier alpha value is -1.06. The fraction of sp³-hybridized carbons (Fsp3) is 0.650. The summed E-state index contributed by atoms with van der Waals surface area (Å²) in [5.74, 6) is 1.02. The third-order valence-electron chi connectivity index (χ3n) is 4.85. The number of benzene rings is 1. The number of hydrogen-bond acceptors (Lipinski definition) is 2. The summed E-state index contributed by atoms with van der Waals surface area (Å²) in [5, 5.41) is 3.42. The molecule has 1 aromatic rings. The van der Waals surface area contributed by atoms with Gasteiger partial charge in [-0.15, -0.1) is 12.4 Å². The topological polar surface area (TPSA) is 32.3 Å². The van der Waals surface area contributed by atoms with Gasteiger partial charge in [0.2, 0.25) is 5.91 Å². The monoisotopic (exact) mass is 352 g/mol. The van der Waals surface area contributed by atoms with E-state index >= 15 is 0 Å². The maximum Gasteiger partial charge on any atom is 0.226 e. The first-order valence-corrected chi connectivity index (χ1v) is 9.29. The number of hydrogen-bond donors (Lipinski definition) is 1. The summed E-state index contributed by atoms with van der Waals surface area (Å²) < 4.78 is 0. The van der Waals surface area contributed by atoms with Crippen LogP contribution in [-0.2, 0) is 17.6 Å². The third kappa shape index (κ3) is 6.82. The Morgan fingerprint density at radius 3 is 2.33 bits per heavy atom. The van der Waals surface area contributed by atoms with Crippen LogP contribution in [0.1, 0.15) is 50.7 Å². The quantitative estimate of drug-likeness (QED) is 0.770. The van der Waals surface area contributed by atoms with Gasteiger partial charge in [0.25, 0.3) is 0 Å². The highest BCUT2D eigenvalue weighted by Crippen LogP contribution is 2.17. The van der Waals surface area contributed by atoms with Crippen LogP contribution in [-0.4, -0.2) is 37.0 Å². The third-order valence-corrected chi connectivity index (χ3v) is 4.85. The van der Waals surface area contributed by atoms with Crippen molar-refractivity contribution >= 4 is 18.3 Å². The van der Waals surface area contributed by atoms with Crippen LogP contribution in [0, 0.1) is 5.92 Å². The predicted molar refractivity (Wildman–Crippen MR) is 104 cm³/mol. The number of piperidine rings is 1. The molecule has 1 aliphatic heterocycles. The molecule has 24 heavy (non-hydrogen) atoms. The molecular weight excluding hydrogens is 320 g/mol. The SMILES string of the molecule is CCCCc1ccc(CC(=O)N2CCC(CNCC)CC2)cc1.Cl. The standard InChI is InChI=1S/C20H32N2O.ClH/c1-3-5-6-17-7-9-18(10-8-17)15-20(23)22-13-11-19(12-14-22)16-21-4-2;/h7-10,19,21H,3-6,11-16H2,1-2H3;1H. The molecule has 1 saturated heterocycles. The predicted octanol–water partition coefficient (Wildman–Crippen LogP) is 3.84. The maximum atomic E-state index is 12.5. The van der Waals surface area contributed by atoms with Crippen LogP contribution in [0.2, 0.25) is 0 Å². The number of halogens is 1. The summed E-state index contributed by atoms with van der Waals surface area (Å²) in [6, 6.07) is 8.61. The lowest BCUT2D eigenvalue weighted by Crippen LogP contribution is -2.41. The van der Waals surface area contributed by atoms with Gasteiger partial charge in [-0.1, -0.05) is 44.5 Å². The highest BCUT2D eigenvalue weighted by atomic mass is 35.5. The number of rotatable bonds is 8. The normalized spacial score (nSPS) is 15.2. The van der Waals surface area contributed by atoms with E-state index in [0.717, 1.165) is 56.9 Å². The van der Waals surface area contributed by atoms with E-state index in [-0.39, 0.29) is 18.3 Å². The second kappa shape index (κ2) is 11.5. The smallest absolute Gasteiger partial charge is 0.226 e. The van der Waals surface area contributed by atoms with Gasteiger partial charge in [0.15, 0.2) is 0 Å². The number of carbonyl (C=O) groups is 1. The van der Waals surface area contributed by atoms with Crippen LogP contribution in [0.3, 0.4) is 0 Å². The molecule has 4 heteroatoms. The molecule has 1 amide bonds. The molecule has 1 aliphatic rings. The Morgan fingerprint density at radius 1 is 1.12 bits per heavy atom. The van der Waals surface area contributed by atoms with Crippen molar-refractivity contribution in [1.82, 2.24) is 10.2 Å². The van der Waals surface area contributed by atoms with E-state index in [9.17, 15) is 4.79 Å². The molecule has 0 saturated carbocycles. The molecule has 0 radical (unpaired) electrons. The van der Waals surface area contributed by atoms with Crippen molar-refractivity contribution in [3.8, 4) is 0 Å². The highest BCUT2D eigenvalue weighted by molar-refractivity contribution is 5.85. The van der Waals surface area contributed by atoms with Gasteiger partial charge in [0, 0.05) is 13.1 Å². The zero-order chi connectivity index (χ0) is 16.5. The zero-order valence-electron chi connectivity index (χ0n) is 15.2. The van der Waals surface area contributed by atoms with Crippen molar-refractivity contribution in [1.29, 1.82) is 0 Å². The first kappa shape index (κ1) is 21.0. The van der Waals surface area contributed by atoms with E-state index in [0.29, 0.717) is 6.42 Å². The Morgan fingerprint density at radius 2 is 1.75 bits per heavy atom. The molecule has 1 fully saturated rings. The van der Waals surface area contributed by atoms with Gasteiger partial charge in [-0.2, -0.15) is 0 Å². The van der Waals surface area contributed by atoms with Gasteiger partial charge < -0.3 is 10.2 Å². The van der Waals surface area contributed by atoms with Crippen LogP contribution >= 0.6 is 12.4 Å². The highest BCUT2D eigenvalue weighted by Gasteiger charge is 2.22. The Kier molecular flexibility index (Phi) is 10.0. The van der Waals surface area contributed by atoms with Gasteiger partial charge in [-0.25, -0.2) is 0 Å². The summed E-state index contributed by atoms with van der Waals surface area (Å²) in [6.45, 7) is 8.33. The lowest BCUT2D eigenvalue weighted by molar-refractivity contribution is -0.131. The minimum atomic E-state index is 0. The fourth-order valence-electron chi connectivity index (χ4n) is 3.23. The minimum Gasteiger partial charge on any atom is -0.342 e. The maximum absolute atomic E-state index is 12.5. The van der Waals surface area contributed by atoms with Crippen molar-refractivity contribution < 1.29 is 4.79 Å². The lowest BCUT2D eigenvalue weighted by atomic mass is 9.96. The van der Waals surface area contributed by atoms with E-state index in [4.69, 9.17) is 0 Å². The fourth-order valence-corrected chi connectivity index (χ4v) is 3.23. The number of amides is 1. The van der Waals surface area contributed by atoms with Crippen LogP contribution in [0.4, 0.5) is 0 Å². The number of unbranched alkanes of at least 4 members (excludes halogenated alkanes) is 1. The second-order valence-electron chi connectivity index (χ2n) is 6.73. The van der Waals surface area contributed by atoms with E-state index in [2.05, 4.69) is 43.4 Å². The molecule has 1 heterocycles. The first-order chi connectivity index (χ1) is 11.2. The van der Waals surface area contributed by atoms with E-state index in [1.165, 1.54) is 18.4 Å². The molecule has 0 aliphatic carbocycles. The van der Waals surface area contributed by atoms with Crippen molar-refractivity contribution in [2.75, 3.05) is 26.2 Å². The van der Waals surface area contributed by atoms with Crippen molar-refractivity contribution in [2.24, 2.45) is 5.92 Å². The molecular formula is C20H33ClN2O. The minimum absolute atomic E-state index is 0. The summed E-state index contributed by atoms with van der Waals surface area (Å²) >= 11 is 0. The van der Waals surface area contributed by atoms with E-state index in [1.54, 1.807) is 0 Å². The second-order valence-corrected chi connectivity index (χ2v) is 6.73. The summed E-state index contributed by atoms with van der Waals surface area (Å²) in [4.78, 5) is 14.5. The van der Waals surface area contributed by atoms with E-state index < -0.39 is 0 Å². The molecule has 136 valence electrons. The lowest BCUT2D eigenvalue weighted by Gasteiger charge is -2.32. The van der Waals surface area contributed by atoms with Gasteiger partial charge in [-0.05, 0) is 55.8 Å². The van der Waals surface area contributed by atoms with Crippen molar-refractivity contribution in [2.45, 2.75) is 52.4 Å². The van der Waals surface area contributed by atoms with Gasteiger partial charge in [0.05, 0.1) is 6.42 Å². The Balaban J connectivity index is 0.00000288. The summed E-state index contributed by atoms with van der Waals surface area (Å²) in [6.07, 6.45) is 6.42. The van der Waals surface area contributed by atoms with Crippen LogP contribution < -0.4 is 5.32 Å². The molecule has 0 unspecified atom stereocenters. The number of nitrogens with zero attached hydrogens (tertiary/aromatic N) is 1. The average Bonchev–Trinajstić information content (AvgIpc) is 2.59. The summed E-state index contributed by atoms with van der Waals surface area (Å²) in [7, 11) is 0. The number of carbonyl (C=O) groups excluding carboxylic acids is 1. The van der Waals surface area contributed by atoms with Crippen molar-refractivity contribution in [3.05, 3.63) is 35.4 Å². The zero-order valence-corrected chi connectivity index (χ0v) is 16.0. The molecule has 0 bridgehead atoms. The molecule has 0 aromatic heterocycles. The molecule has 0 atom stereocenters. The van der Waals surface area contributed by atoms with E-state index in [1.807, 2.05) is 4.90 Å². The van der Waals surface area contributed by atoms with Crippen molar-refractivity contribution in [3.63, 3.8) is 0 Å². The van der Waals surface area contributed by atoms with Crippen LogP contribution in [0.5, 0.6) is 0 Å². The molecule has 3 nitrogen and oxygen atoms in total. The van der Waals surface area contributed by atoms with Gasteiger partial charge in [0.1, 0.15) is 0 Å². The largest absolute Gasteiger partial charge is 0.342 e. The first-order valence-electron chi connectivity index (χ1n) is 9.29. The average molecular weight is 353 g/mol. The number of aryl methyl sites for hydroxylation is 1. The van der Waals surface area contributed by atoms with Gasteiger partial charge in [-0.3, -0.25) is 4.79 Å². The Labute approximate surface area is 153 Å². The molecule has 1 N–H and O–H groups in total. The number of nitrogens with one attached hydrogen (secondary N) is 1. The summed E-state index contributed by atoms with van der Waals surface area (Å²) in [5.41, 5.74) is 2.53. The molecule has 1 aromatic carbocycles. The molecule has 0 spiro atoms. The van der Waals surface area contributed by atoms with Crippen LogP contribution in [0.25, 0.3) is 0 Å². The molecule has 2 rings (SSSR count). The number of likely N-dealkylation sites (tertiary alicyclic amines) is 1. The Bertz CT molecular complexity index is 467. The van der Waals surface area contributed by atoms with Crippen LogP contribution in [0.15, 0.2) is 24.3 Å².